The minimum Gasteiger partial charge on any atom is -0.329 e. The van der Waals surface area contributed by atoms with Crippen LogP contribution in [0, 0.1) is 5.92 Å². The van der Waals surface area contributed by atoms with Crippen molar-refractivity contribution in [2.45, 2.75) is 45.2 Å². The third kappa shape index (κ3) is 1.28. The largest absolute Gasteiger partial charge is 0.329 e. The van der Waals surface area contributed by atoms with Gasteiger partial charge in [0.1, 0.15) is 5.78 Å². The van der Waals surface area contributed by atoms with Crippen LogP contribution in [0.1, 0.15) is 33.1 Å². The molecule has 0 aromatic carbocycles. The van der Waals surface area contributed by atoms with Crippen molar-refractivity contribution in [1.82, 2.24) is 0 Å². The summed E-state index contributed by atoms with van der Waals surface area (Å²) in [6.45, 7) is 5.42. The Bertz CT molecular complexity index is 198. The molecule has 12 heavy (non-hydrogen) atoms. The number of Topliss-reactive ketones (excluding diaryl/α,β-unsaturated/α-hetero) is 1. The van der Waals surface area contributed by atoms with Crippen LogP contribution in [0.5, 0.6) is 0 Å². The van der Waals surface area contributed by atoms with Gasteiger partial charge in [-0.1, -0.05) is 0 Å². The highest BCUT2D eigenvalue weighted by Gasteiger charge is 2.42. The van der Waals surface area contributed by atoms with E-state index in [1.54, 1.807) is 4.90 Å². The second kappa shape index (κ2) is 2.84. The van der Waals surface area contributed by atoms with Crippen molar-refractivity contribution in [3.63, 3.8) is 0 Å². The molecule has 1 saturated heterocycles. The van der Waals surface area contributed by atoms with Gasteiger partial charge in [-0.2, -0.15) is 0 Å². The van der Waals surface area contributed by atoms with Gasteiger partial charge in [-0.05, 0) is 13.8 Å². The van der Waals surface area contributed by atoms with E-state index in [-0.39, 0.29) is 0 Å². The molecular formula is C10H18NO+. The third-order valence-electron chi connectivity index (χ3n) is 3.60. The molecule has 1 aliphatic carbocycles. The number of ketones is 1. The summed E-state index contributed by atoms with van der Waals surface area (Å²) in [6.07, 6.45) is 3.60. The number of piperidine rings is 1. The summed E-state index contributed by atoms with van der Waals surface area (Å²) >= 11 is 0. The summed E-state index contributed by atoms with van der Waals surface area (Å²) in [5.74, 6) is 0.779. The molecule has 68 valence electrons. The monoisotopic (exact) mass is 168 g/mol. The van der Waals surface area contributed by atoms with Crippen molar-refractivity contribution in [3.8, 4) is 0 Å². The standard InChI is InChI=1S/C10H17NO/c1-7-8(2)11(9-3-4-9)6-5-10(7)12/h7-9H,3-6H2,1-2H3/p+1/t7-,8+/m1/s1. The average molecular weight is 168 g/mol. The second-order valence-electron chi connectivity index (χ2n) is 4.39. The number of hydrogen-bond donors (Lipinski definition) is 1. The normalized spacial score (nSPS) is 43.2. The maximum absolute atomic E-state index is 11.4. The first-order chi connectivity index (χ1) is 5.70. The molecule has 2 nitrogen and oxygen atoms in total. The molecule has 1 N–H and O–H groups in total. The maximum atomic E-state index is 11.4. The fourth-order valence-corrected chi connectivity index (χ4v) is 2.35. The molecule has 1 unspecified atom stereocenters. The molecule has 0 radical (unpaired) electrons. The number of likely N-dealkylation sites (tertiary alicyclic amines) is 1. The Morgan fingerprint density at radius 3 is 2.58 bits per heavy atom. The van der Waals surface area contributed by atoms with Crippen LogP contribution in [0.25, 0.3) is 0 Å². The molecule has 3 atom stereocenters. The lowest BCUT2D eigenvalue weighted by molar-refractivity contribution is -0.939. The van der Waals surface area contributed by atoms with Gasteiger partial charge in [0.2, 0.25) is 0 Å². The molecular weight excluding hydrogens is 150 g/mol. The van der Waals surface area contributed by atoms with E-state index in [0.717, 1.165) is 19.0 Å². The number of nitrogens with one attached hydrogen (secondary N) is 1. The Morgan fingerprint density at radius 1 is 1.33 bits per heavy atom. The number of hydrogen-bond acceptors (Lipinski definition) is 1. The number of rotatable bonds is 1. The van der Waals surface area contributed by atoms with E-state index in [1.807, 2.05) is 0 Å². The fraction of sp³-hybridized carbons (Fsp3) is 0.900. The molecule has 2 heteroatoms. The summed E-state index contributed by atoms with van der Waals surface area (Å²) in [5, 5.41) is 0. The molecule has 0 bridgehead atoms. The van der Waals surface area contributed by atoms with E-state index in [0.29, 0.717) is 17.7 Å². The molecule has 0 aromatic rings. The Morgan fingerprint density at radius 2 is 2.00 bits per heavy atom. The summed E-state index contributed by atoms with van der Waals surface area (Å²) < 4.78 is 0. The van der Waals surface area contributed by atoms with E-state index in [4.69, 9.17) is 0 Å². The first-order valence-corrected chi connectivity index (χ1v) is 5.08. The topological polar surface area (TPSA) is 21.5 Å². The minimum absolute atomic E-state index is 0.300. The average Bonchev–Trinajstić information content (AvgIpc) is 2.84. The molecule has 2 rings (SSSR count). The van der Waals surface area contributed by atoms with Crippen molar-refractivity contribution >= 4 is 5.78 Å². The predicted octanol–water partition coefficient (Wildman–Crippen LogP) is 0.0311. The molecule has 1 aliphatic heterocycles. The first-order valence-electron chi connectivity index (χ1n) is 5.08. The molecule has 0 amide bonds. The van der Waals surface area contributed by atoms with Crippen LogP contribution in [0.4, 0.5) is 0 Å². The van der Waals surface area contributed by atoms with E-state index < -0.39 is 0 Å². The van der Waals surface area contributed by atoms with E-state index in [9.17, 15) is 4.79 Å². The molecule has 0 aromatic heterocycles. The quantitative estimate of drug-likeness (QED) is 0.586. The van der Waals surface area contributed by atoms with Crippen molar-refractivity contribution in [1.29, 1.82) is 0 Å². The van der Waals surface area contributed by atoms with Crippen LogP contribution in [0.3, 0.4) is 0 Å². The Kier molecular flexibility index (Phi) is 1.95. The summed E-state index contributed by atoms with van der Waals surface area (Å²) in [7, 11) is 0. The molecule has 1 saturated carbocycles. The zero-order valence-electron chi connectivity index (χ0n) is 7.97. The van der Waals surface area contributed by atoms with Crippen molar-refractivity contribution < 1.29 is 9.69 Å². The summed E-state index contributed by atoms with van der Waals surface area (Å²) in [6, 6.07) is 1.47. The van der Waals surface area contributed by atoms with E-state index in [1.165, 1.54) is 12.8 Å². The van der Waals surface area contributed by atoms with Crippen molar-refractivity contribution in [2.24, 2.45) is 5.92 Å². The van der Waals surface area contributed by atoms with Crippen LogP contribution < -0.4 is 4.90 Å². The van der Waals surface area contributed by atoms with Gasteiger partial charge in [0, 0.05) is 12.8 Å². The van der Waals surface area contributed by atoms with Gasteiger partial charge in [-0.3, -0.25) is 4.79 Å². The number of carbonyl (C=O) groups is 1. The Hall–Kier alpha value is -0.370. The molecule has 1 heterocycles. The maximum Gasteiger partial charge on any atom is 0.147 e. The molecule has 2 aliphatic rings. The van der Waals surface area contributed by atoms with Gasteiger partial charge in [0.25, 0.3) is 0 Å². The van der Waals surface area contributed by atoms with Crippen LogP contribution in [-0.2, 0) is 4.79 Å². The van der Waals surface area contributed by atoms with Crippen molar-refractivity contribution in [2.75, 3.05) is 6.54 Å². The SMILES string of the molecule is C[C@H]1C(=O)CC[NH+](C2CC2)[C@H]1C. The first kappa shape index (κ1) is 8.24. The lowest BCUT2D eigenvalue weighted by atomic mass is 9.90. The van der Waals surface area contributed by atoms with Gasteiger partial charge < -0.3 is 4.90 Å². The highest BCUT2D eigenvalue weighted by molar-refractivity contribution is 5.81. The Balaban J connectivity index is 2.03. The minimum atomic E-state index is 0.300. The lowest BCUT2D eigenvalue weighted by Gasteiger charge is -2.33. The molecule has 2 fully saturated rings. The van der Waals surface area contributed by atoms with E-state index in [2.05, 4.69) is 13.8 Å². The lowest BCUT2D eigenvalue weighted by Crippen LogP contribution is -3.18. The Labute approximate surface area is 73.9 Å². The van der Waals surface area contributed by atoms with Gasteiger partial charge in [-0.25, -0.2) is 0 Å². The van der Waals surface area contributed by atoms with Gasteiger partial charge in [0.15, 0.2) is 0 Å². The van der Waals surface area contributed by atoms with Crippen LogP contribution in [0.2, 0.25) is 0 Å². The van der Waals surface area contributed by atoms with Crippen LogP contribution >= 0.6 is 0 Å². The molecule has 0 spiro atoms. The number of carbonyl (C=O) groups excluding carboxylic acids is 1. The predicted molar refractivity (Wildman–Crippen MR) is 47.1 cm³/mol. The zero-order valence-corrected chi connectivity index (χ0v) is 7.97. The van der Waals surface area contributed by atoms with Gasteiger partial charge >= 0.3 is 0 Å². The third-order valence-corrected chi connectivity index (χ3v) is 3.60. The van der Waals surface area contributed by atoms with Crippen LogP contribution in [-0.4, -0.2) is 24.4 Å². The van der Waals surface area contributed by atoms with E-state index >= 15 is 0 Å². The van der Waals surface area contributed by atoms with Crippen molar-refractivity contribution in [3.05, 3.63) is 0 Å². The number of quaternary nitrogens is 1. The highest BCUT2D eigenvalue weighted by Crippen LogP contribution is 2.19. The summed E-state index contributed by atoms with van der Waals surface area (Å²) in [5.41, 5.74) is 0. The summed E-state index contributed by atoms with van der Waals surface area (Å²) in [4.78, 5) is 13.1. The fourth-order valence-electron chi connectivity index (χ4n) is 2.35. The van der Waals surface area contributed by atoms with Gasteiger partial charge in [-0.15, -0.1) is 0 Å². The smallest absolute Gasteiger partial charge is 0.147 e. The van der Waals surface area contributed by atoms with Gasteiger partial charge in [0.05, 0.1) is 31.0 Å². The highest BCUT2D eigenvalue weighted by atomic mass is 16.1. The second-order valence-corrected chi connectivity index (χ2v) is 4.39. The zero-order chi connectivity index (χ0) is 8.72. The van der Waals surface area contributed by atoms with Crippen LogP contribution in [0.15, 0.2) is 0 Å².